The van der Waals surface area contributed by atoms with E-state index in [-0.39, 0.29) is 0 Å². The van der Waals surface area contributed by atoms with Crippen LogP contribution in [0.2, 0.25) is 0 Å². The summed E-state index contributed by atoms with van der Waals surface area (Å²) in [4.78, 5) is 7.21. The van der Waals surface area contributed by atoms with E-state index in [0.717, 1.165) is 11.0 Å². The number of benzene rings is 5. The number of aromatic nitrogens is 1. The summed E-state index contributed by atoms with van der Waals surface area (Å²) < 4.78 is 0. The Balaban J connectivity index is 1.70. The van der Waals surface area contributed by atoms with Gasteiger partial charge in [-0.2, -0.15) is 0 Å². The lowest BCUT2D eigenvalue weighted by Gasteiger charge is -2.13. The molecule has 0 amide bonds. The lowest BCUT2D eigenvalue weighted by Crippen LogP contribution is -2.07. The molecule has 2 heteroatoms. The first-order valence-corrected chi connectivity index (χ1v) is 11.3. The molecule has 0 fully saturated rings. The van der Waals surface area contributed by atoms with Crippen LogP contribution in [0.15, 0.2) is 97.1 Å². The van der Waals surface area contributed by atoms with Crippen LogP contribution in [0.3, 0.4) is 0 Å². The summed E-state index contributed by atoms with van der Waals surface area (Å²) in [5, 5.41) is 7.35. The Hall–Kier alpha value is -4.17. The first kappa shape index (κ1) is 19.5. The second-order valence-electron chi connectivity index (χ2n) is 8.71. The van der Waals surface area contributed by atoms with Gasteiger partial charge in [0, 0.05) is 30.6 Å². The van der Waals surface area contributed by atoms with E-state index in [0.29, 0.717) is 0 Å². The molecule has 0 radical (unpaired) electrons. The summed E-state index contributed by atoms with van der Waals surface area (Å²) in [6.45, 7) is 0. The summed E-state index contributed by atoms with van der Waals surface area (Å²) in [6.07, 6.45) is 4.49. The normalized spacial score (nSPS) is 11.8. The van der Waals surface area contributed by atoms with Gasteiger partial charge >= 0.3 is 0 Å². The zero-order valence-electron chi connectivity index (χ0n) is 18.8. The molecule has 5 aromatic carbocycles. The van der Waals surface area contributed by atoms with Crippen LogP contribution < -0.4 is 4.90 Å². The van der Waals surface area contributed by atoms with Gasteiger partial charge in [0.2, 0.25) is 0 Å². The smallest absolute Gasteiger partial charge is 0.0722 e. The highest BCUT2D eigenvalue weighted by atomic mass is 15.1. The monoisotopic (exact) mass is 424 g/mol. The molecule has 0 aliphatic carbocycles. The molecule has 2 nitrogen and oxygen atoms in total. The summed E-state index contributed by atoms with van der Waals surface area (Å²) in [7, 11) is 4.13. The number of fused-ring (bicyclic) bond motifs is 6. The van der Waals surface area contributed by atoms with Crippen LogP contribution in [-0.4, -0.2) is 19.1 Å². The number of pyridine rings is 1. The third-order valence-electron chi connectivity index (χ3n) is 6.45. The molecule has 0 aliphatic rings. The van der Waals surface area contributed by atoms with Crippen LogP contribution >= 0.6 is 0 Å². The molecule has 0 spiro atoms. The topological polar surface area (TPSA) is 16.1 Å². The lowest BCUT2D eigenvalue weighted by molar-refractivity contribution is 1.13. The number of hydrogen-bond donors (Lipinski definition) is 0. The van der Waals surface area contributed by atoms with Crippen LogP contribution in [0, 0.1) is 0 Å². The molecule has 0 saturated carbocycles. The van der Waals surface area contributed by atoms with Crippen molar-refractivity contribution in [3.63, 3.8) is 0 Å². The van der Waals surface area contributed by atoms with Crippen molar-refractivity contribution in [2.75, 3.05) is 19.0 Å². The summed E-state index contributed by atoms with van der Waals surface area (Å²) in [5.41, 5.74) is 5.65. The second-order valence-corrected chi connectivity index (χ2v) is 8.71. The average molecular weight is 425 g/mol. The maximum absolute atomic E-state index is 5.09. The largest absolute Gasteiger partial charge is 0.378 e. The minimum atomic E-state index is 1.03. The SMILES string of the molecule is CN(C)c1ccc(C=Cc2c3c(ccc4ccccc43)nc3ccc4ccccc4c23)cc1. The molecular weight excluding hydrogens is 400 g/mol. The summed E-state index contributed by atoms with van der Waals surface area (Å²) >= 11 is 0. The molecule has 1 aromatic heterocycles. The van der Waals surface area contributed by atoms with E-state index in [2.05, 4.69) is 128 Å². The Labute approximate surface area is 193 Å². The number of hydrogen-bond acceptors (Lipinski definition) is 2. The fraction of sp³-hybridized carbons (Fsp3) is 0.0645. The Morgan fingerprint density at radius 1 is 0.576 bits per heavy atom. The van der Waals surface area contributed by atoms with Gasteiger partial charge < -0.3 is 4.90 Å². The molecule has 0 bridgehead atoms. The van der Waals surface area contributed by atoms with Crippen LogP contribution in [0.1, 0.15) is 11.1 Å². The van der Waals surface area contributed by atoms with Gasteiger partial charge in [-0.1, -0.05) is 84.9 Å². The van der Waals surface area contributed by atoms with Crippen molar-refractivity contribution >= 4 is 61.2 Å². The lowest BCUT2D eigenvalue weighted by atomic mass is 9.94. The first-order chi connectivity index (χ1) is 16.2. The van der Waals surface area contributed by atoms with E-state index in [1.807, 2.05) is 0 Å². The molecule has 1 heterocycles. The summed E-state index contributed by atoms with van der Waals surface area (Å²) in [5.74, 6) is 0. The number of anilines is 1. The standard InChI is InChI=1S/C31H24N2/c1-33(2)24-16-11-21(12-17-24)13-18-27-30-25-9-5-3-7-22(25)14-19-28(30)32-29-20-15-23-8-4-6-10-26(23)31(27)29/h3-20H,1-2H3. The molecule has 6 rings (SSSR count). The molecule has 33 heavy (non-hydrogen) atoms. The van der Waals surface area contributed by atoms with Crippen molar-refractivity contribution in [1.29, 1.82) is 0 Å². The molecular formula is C31H24N2. The third kappa shape index (κ3) is 3.32. The molecule has 6 aromatic rings. The minimum absolute atomic E-state index is 1.03. The van der Waals surface area contributed by atoms with Gasteiger partial charge in [-0.25, -0.2) is 4.98 Å². The van der Waals surface area contributed by atoms with Crippen LogP contribution in [0.5, 0.6) is 0 Å². The zero-order chi connectivity index (χ0) is 22.4. The van der Waals surface area contributed by atoms with Gasteiger partial charge in [0.1, 0.15) is 0 Å². The average Bonchev–Trinajstić information content (AvgIpc) is 2.86. The zero-order valence-corrected chi connectivity index (χ0v) is 18.8. The van der Waals surface area contributed by atoms with E-state index >= 15 is 0 Å². The van der Waals surface area contributed by atoms with E-state index < -0.39 is 0 Å². The maximum Gasteiger partial charge on any atom is 0.0722 e. The van der Waals surface area contributed by atoms with Gasteiger partial charge in [-0.15, -0.1) is 0 Å². The van der Waals surface area contributed by atoms with Crippen LogP contribution in [0.4, 0.5) is 5.69 Å². The third-order valence-corrected chi connectivity index (χ3v) is 6.45. The molecule has 0 aliphatic heterocycles. The highest BCUT2D eigenvalue weighted by molar-refractivity contribution is 6.21. The molecule has 158 valence electrons. The van der Waals surface area contributed by atoms with Gasteiger partial charge in [-0.05, 0) is 56.9 Å². The van der Waals surface area contributed by atoms with E-state index in [9.17, 15) is 0 Å². The van der Waals surface area contributed by atoms with Crippen LogP contribution in [0.25, 0.3) is 55.5 Å². The predicted molar refractivity (Wildman–Crippen MR) is 144 cm³/mol. The molecule has 0 saturated heterocycles. The fourth-order valence-electron chi connectivity index (χ4n) is 4.76. The van der Waals surface area contributed by atoms with Crippen molar-refractivity contribution in [1.82, 2.24) is 4.98 Å². The maximum atomic E-state index is 5.09. The quantitative estimate of drug-likeness (QED) is 0.212. The summed E-state index contributed by atoms with van der Waals surface area (Å²) in [6, 6.07) is 34.5. The Morgan fingerprint density at radius 2 is 1.12 bits per heavy atom. The second kappa shape index (κ2) is 7.75. The van der Waals surface area contributed by atoms with Gasteiger partial charge in [0.05, 0.1) is 11.0 Å². The van der Waals surface area contributed by atoms with Gasteiger partial charge in [0.25, 0.3) is 0 Å². The minimum Gasteiger partial charge on any atom is -0.378 e. The van der Waals surface area contributed by atoms with Crippen LogP contribution in [-0.2, 0) is 0 Å². The highest BCUT2D eigenvalue weighted by Crippen LogP contribution is 2.36. The van der Waals surface area contributed by atoms with E-state index in [1.165, 1.54) is 49.1 Å². The van der Waals surface area contributed by atoms with E-state index in [1.54, 1.807) is 0 Å². The molecule has 0 unspecified atom stereocenters. The van der Waals surface area contributed by atoms with Crippen molar-refractivity contribution in [2.24, 2.45) is 0 Å². The number of rotatable bonds is 3. The fourth-order valence-corrected chi connectivity index (χ4v) is 4.76. The Morgan fingerprint density at radius 3 is 1.67 bits per heavy atom. The number of nitrogens with zero attached hydrogens (tertiary/aromatic N) is 2. The first-order valence-electron chi connectivity index (χ1n) is 11.3. The molecule has 0 N–H and O–H groups in total. The van der Waals surface area contributed by atoms with Crippen molar-refractivity contribution in [3.05, 3.63) is 108 Å². The van der Waals surface area contributed by atoms with Crippen molar-refractivity contribution in [3.8, 4) is 0 Å². The molecule has 0 atom stereocenters. The van der Waals surface area contributed by atoms with Crippen molar-refractivity contribution < 1.29 is 0 Å². The Kier molecular flexibility index (Phi) is 4.58. The highest BCUT2D eigenvalue weighted by Gasteiger charge is 2.13. The predicted octanol–water partition coefficient (Wildman–Crippen LogP) is 7.93. The van der Waals surface area contributed by atoms with Crippen molar-refractivity contribution in [2.45, 2.75) is 0 Å². The van der Waals surface area contributed by atoms with Gasteiger partial charge in [0.15, 0.2) is 0 Å². The Bertz CT molecular complexity index is 1580. The van der Waals surface area contributed by atoms with Gasteiger partial charge in [-0.3, -0.25) is 0 Å². The van der Waals surface area contributed by atoms with E-state index in [4.69, 9.17) is 4.98 Å².